The molecule has 2 rings (SSSR count). The van der Waals surface area contributed by atoms with E-state index in [9.17, 15) is 4.39 Å². The minimum Gasteiger partial charge on any atom is -0.398 e. The summed E-state index contributed by atoms with van der Waals surface area (Å²) in [6, 6.07) is 4.33. The quantitative estimate of drug-likeness (QED) is 0.819. The summed E-state index contributed by atoms with van der Waals surface area (Å²) in [4.78, 5) is 0. The predicted molar refractivity (Wildman–Crippen MR) is 61.9 cm³/mol. The smallest absolute Gasteiger partial charge is 0.125 e. The molecule has 0 atom stereocenters. The van der Waals surface area contributed by atoms with Crippen molar-refractivity contribution in [3.63, 3.8) is 0 Å². The van der Waals surface area contributed by atoms with Gasteiger partial charge in [0.2, 0.25) is 0 Å². The Hall–Kier alpha value is -1.55. The first-order valence-corrected chi connectivity index (χ1v) is 5.17. The molecule has 0 aliphatic heterocycles. The Kier molecular flexibility index (Phi) is 2.83. The molecule has 0 bridgehead atoms. The van der Waals surface area contributed by atoms with Crippen molar-refractivity contribution in [3.8, 4) is 0 Å². The molecule has 0 spiro atoms. The second-order valence-electron chi connectivity index (χ2n) is 3.60. The maximum absolute atomic E-state index is 12.8. The molecule has 2 N–H and O–H groups in total. The summed E-state index contributed by atoms with van der Waals surface area (Å²) in [5, 5.41) is 4.82. The van der Waals surface area contributed by atoms with Crippen molar-refractivity contribution in [3.05, 3.63) is 46.5 Å². The fourth-order valence-corrected chi connectivity index (χ4v) is 1.61. The number of hydrogen-bond acceptors (Lipinski definition) is 2. The highest BCUT2D eigenvalue weighted by Crippen LogP contribution is 2.17. The van der Waals surface area contributed by atoms with Crippen LogP contribution in [-0.2, 0) is 6.54 Å². The zero-order chi connectivity index (χ0) is 11.7. The summed E-state index contributed by atoms with van der Waals surface area (Å²) in [5.41, 5.74) is 7.71. The van der Waals surface area contributed by atoms with E-state index >= 15 is 0 Å². The fourth-order valence-electron chi connectivity index (χ4n) is 1.46. The lowest BCUT2D eigenvalue weighted by molar-refractivity contribution is 0.625. The van der Waals surface area contributed by atoms with E-state index in [4.69, 9.17) is 17.3 Å². The second kappa shape index (κ2) is 4.14. The van der Waals surface area contributed by atoms with Gasteiger partial charge in [0.05, 0.1) is 17.3 Å². The Bertz CT molecular complexity index is 502. The summed E-state index contributed by atoms with van der Waals surface area (Å²) < 4.78 is 14.5. The maximum atomic E-state index is 12.8. The van der Waals surface area contributed by atoms with Crippen molar-refractivity contribution in [1.29, 1.82) is 0 Å². The molecule has 0 amide bonds. The van der Waals surface area contributed by atoms with Gasteiger partial charge in [-0.05, 0) is 24.6 Å². The van der Waals surface area contributed by atoms with Crippen LogP contribution >= 0.6 is 11.6 Å². The number of rotatable bonds is 2. The molecule has 16 heavy (non-hydrogen) atoms. The highest BCUT2D eigenvalue weighted by atomic mass is 35.5. The molecular formula is C11H11ClFN3. The van der Waals surface area contributed by atoms with Crippen LogP contribution in [-0.4, -0.2) is 9.78 Å². The zero-order valence-electron chi connectivity index (χ0n) is 8.74. The maximum Gasteiger partial charge on any atom is 0.125 e. The van der Waals surface area contributed by atoms with Gasteiger partial charge < -0.3 is 5.73 Å². The molecule has 5 heteroatoms. The van der Waals surface area contributed by atoms with Gasteiger partial charge in [-0.15, -0.1) is 0 Å². The van der Waals surface area contributed by atoms with E-state index in [1.165, 1.54) is 12.1 Å². The lowest BCUT2D eigenvalue weighted by atomic mass is 10.2. The minimum atomic E-state index is -0.337. The molecule has 0 unspecified atom stereocenters. The normalized spacial score (nSPS) is 10.7. The third-order valence-corrected chi connectivity index (χ3v) is 2.70. The first-order chi connectivity index (χ1) is 7.56. The largest absolute Gasteiger partial charge is 0.398 e. The van der Waals surface area contributed by atoms with Crippen LogP contribution in [0, 0.1) is 12.7 Å². The van der Waals surface area contributed by atoms with Crippen molar-refractivity contribution in [2.45, 2.75) is 13.5 Å². The van der Waals surface area contributed by atoms with Gasteiger partial charge in [0.15, 0.2) is 0 Å². The molecule has 84 valence electrons. The monoisotopic (exact) mass is 239 g/mol. The average molecular weight is 240 g/mol. The van der Waals surface area contributed by atoms with Crippen LogP contribution < -0.4 is 5.73 Å². The number of hydrogen-bond donors (Lipinski definition) is 1. The Labute approximate surface area is 97.6 Å². The molecule has 1 aromatic heterocycles. The van der Waals surface area contributed by atoms with Gasteiger partial charge in [0.1, 0.15) is 5.82 Å². The summed E-state index contributed by atoms with van der Waals surface area (Å²) in [7, 11) is 0. The predicted octanol–water partition coefficient (Wildman–Crippen LogP) is 2.61. The summed E-state index contributed by atoms with van der Waals surface area (Å²) in [5.74, 6) is -0.337. The first kappa shape index (κ1) is 11.0. The van der Waals surface area contributed by atoms with Crippen LogP contribution in [0.5, 0.6) is 0 Å². The molecule has 0 aliphatic carbocycles. The third kappa shape index (κ3) is 2.17. The number of halogens is 2. The van der Waals surface area contributed by atoms with E-state index in [1.54, 1.807) is 16.9 Å². The van der Waals surface area contributed by atoms with Crippen molar-refractivity contribution >= 4 is 17.3 Å². The van der Waals surface area contributed by atoms with Crippen LogP contribution in [0.25, 0.3) is 0 Å². The van der Waals surface area contributed by atoms with Crippen LogP contribution in [0.15, 0.2) is 24.4 Å². The number of nitrogens with two attached hydrogens (primary N) is 1. The SMILES string of the molecule is Cc1nn(Cc2ccc(F)cc2N)cc1Cl. The Morgan fingerprint density at radius 3 is 2.81 bits per heavy atom. The Morgan fingerprint density at radius 2 is 2.25 bits per heavy atom. The Morgan fingerprint density at radius 1 is 1.50 bits per heavy atom. The van der Waals surface area contributed by atoms with Gasteiger partial charge in [0.25, 0.3) is 0 Å². The van der Waals surface area contributed by atoms with E-state index < -0.39 is 0 Å². The van der Waals surface area contributed by atoms with Crippen molar-refractivity contribution in [2.24, 2.45) is 0 Å². The number of anilines is 1. The molecule has 0 saturated carbocycles. The lowest BCUT2D eigenvalue weighted by Crippen LogP contribution is -2.04. The van der Waals surface area contributed by atoms with E-state index in [0.29, 0.717) is 17.3 Å². The standard InChI is InChI=1S/C11H11ClFN3/c1-7-10(12)6-16(15-7)5-8-2-3-9(13)4-11(8)14/h2-4,6H,5,14H2,1H3. The van der Waals surface area contributed by atoms with E-state index in [-0.39, 0.29) is 5.82 Å². The molecule has 2 aromatic rings. The highest BCUT2D eigenvalue weighted by molar-refractivity contribution is 6.31. The summed E-state index contributed by atoms with van der Waals surface area (Å²) in [6.45, 7) is 2.31. The van der Waals surface area contributed by atoms with Gasteiger partial charge >= 0.3 is 0 Å². The molecule has 0 saturated heterocycles. The van der Waals surface area contributed by atoms with Crippen LogP contribution in [0.1, 0.15) is 11.3 Å². The van der Waals surface area contributed by atoms with Crippen LogP contribution in [0.4, 0.5) is 10.1 Å². The molecule has 1 heterocycles. The van der Waals surface area contributed by atoms with Gasteiger partial charge in [-0.2, -0.15) is 5.10 Å². The number of nitrogens with zero attached hydrogens (tertiary/aromatic N) is 2. The summed E-state index contributed by atoms with van der Waals surface area (Å²) >= 11 is 5.89. The van der Waals surface area contributed by atoms with Crippen molar-refractivity contribution < 1.29 is 4.39 Å². The van der Waals surface area contributed by atoms with Gasteiger partial charge in [-0.3, -0.25) is 4.68 Å². The molecule has 1 aromatic carbocycles. The van der Waals surface area contributed by atoms with Gasteiger partial charge in [0, 0.05) is 11.9 Å². The minimum absolute atomic E-state index is 0.337. The first-order valence-electron chi connectivity index (χ1n) is 4.79. The number of benzene rings is 1. The average Bonchev–Trinajstić information content (AvgIpc) is 2.51. The molecule has 0 fully saturated rings. The highest BCUT2D eigenvalue weighted by Gasteiger charge is 2.05. The number of aryl methyl sites for hydroxylation is 1. The van der Waals surface area contributed by atoms with Crippen LogP contribution in [0.3, 0.4) is 0 Å². The molecular weight excluding hydrogens is 229 g/mol. The Balaban J connectivity index is 2.27. The van der Waals surface area contributed by atoms with Gasteiger partial charge in [-0.1, -0.05) is 17.7 Å². The number of aromatic nitrogens is 2. The zero-order valence-corrected chi connectivity index (χ0v) is 9.50. The topological polar surface area (TPSA) is 43.8 Å². The van der Waals surface area contributed by atoms with E-state index in [1.807, 2.05) is 6.92 Å². The lowest BCUT2D eigenvalue weighted by Gasteiger charge is -2.05. The van der Waals surface area contributed by atoms with Gasteiger partial charge in [-0.25, -0.2) is 4.39 Å². The molecule has 0 aliphatic rings. The number of nitrogen functional groups attached to an aromatic ring is 1. The molecule has 0 radical (unpaired) electrons. The van der Waals surface area contributed by atoms with E-state index in [2.05, 4.69) is 5.10 Å². The van der Waals surface area contributed by atoms with E-state index in [0.717, 1.165) is 11.3 Å². The van der Waals surface area contributed by atoms with Crippen LogP contribution in [0.2, 0.25) is 5.02 Å². The van der Waals surface area contributed by atoms with Crippen molar-refractivity contribution in [1.82, 2.24) is 9.78 Å². The van der Waals surface area contributed by atoms with Crippen molar-refractivity contribution in [2.75, 3.05) is 5.73 Å². The third-order valence-electron chi connectivity index (χ3n) is 2.33. The molecule has 3 nitrogen and oxygen atoms in total. The fraction of sp³-hybridized carbons (Fsp3) is 0.182. The second-order valence-corrected chi connectivity index (χ2v) is 4.01. The summed E-state index contributed by atoms with van der Waals surface area (Å²) in [6.07, 6.45) is 1.72.